The van der Waals surface area contributed by atoms with Gasteiger partial charge in [-0.2, -0.15) is 0 Å². The van der Waals surface area contributed by atoms with Gasteiger partial charge in [0.05, 0.1) is 16.6 Å². The third-order valence-electron chi connectivity index (χ3n) is 3.98. The van der Waals surface area contributed by atoms with E-state index in [9.17, 15) is 4.79 Å². The van der Waals surface area contributed by atoms with Crippen molar-refractivity contribution in [1.82, 2.24) is 10.1 Å². The quantitative estimate of drug-likeness (QED) is 0.669. The molecule has 3 aromatic rings. The predicted octanol–water partition coefficient (Wildman–Crippen LogP) is 4.32. The Kier molecular flexibility index (Phi) is 4.34. The van der Waals surface area contributed by atoms with E-state index in [0.29, 0.717) is 34.0 Å². The molecule has 0 unspecified atom stereocenters. The minimum absolute atomic E-state index is 0.227. The number of benzene rings is 1. The van der Waals surface area contributed by atoms with E-state index in [1.54, 1.807) is 19.9 Å². The number of hydrogen-bond acceptors (Lipinski definition) is 5. The Morgan fingerprint density at radius 3 is 2.58 bits per heavy atom. The van der Waals surface area contributed by atoms with Gasteiger partial charge in [-0.1, -0.05) is 43.3 Å². The second-order valence-electron chi connectivity index (χ2n) is 6.23. The van der Waals surface area contributed by atoms with Gasteiger partial charge in [0.2, 0.25) is 0 Å². The summed E-state index contributed by atoms with van der Waals surface area (Å²) < 4.78 is 10.6. The minimum atomic E-state index is -0.398. The van der Waals surface area contributed by atoms with Gasteiger partial charge in [0.1, 0.15) is 6.61 Å². The molecule has 0 saturated heterocycles. The zero-order chi connectivity index (χ0) is 17.3. The van der Waals surface area contributed by atoms with E-state index in [-0.39, 0.29) is 6.61 Å². The maximum Gasteiger partial charge on any atom is 0.339 e. The lowest BCUT2D eigenvalue weighted by molar-refractivity contribution is 0.0474. The normalized spacial score (nSPS) is 11.2. The van der Waals surface area contributed by atoms with Crippen LogP contribution < -0.4 is 0 Å². The summed E-state index contributed by atoms with van der Waals surface area (Å²) in [4.78, 5) is 16.7. The van der Waals surface area contributed by atoms with Crippen molar-refractivity contribution in [2.75, 3.05) is 0 Å². The number of hydrogen-bond donors (Lipinski definition) is 0. The van der Waals surface area contributed by atoms with Gasteiger partial charge < -0.3 is 9.26 Å². The molecule has 3 rings (SSSR count). The topological polar surface area (TPSA) is 65.2 Å². The Labute approximate surface area is 140 Å². The molecule has 1 aromatic carbocycles. The van der Waals surface area contributed by atoms with Crippen LogP contribution in [0.2, 0.25) is 0 Å². The third kappa shape index (κ3) is 3.15. The first-order valence-corrected chi connectivity index (χ1v) is 7.95. The predicted molar refractivity (Wildman–Crippen MR) is 90.9 cm³/mol. The number of carbonyl (C=O) groups excluding carboxylic acids is 1. The largest absolute Gasteiger partial charge is 0.457 e. The van der Waals surface area contributed by atoms with Crippen molar-refractivity contribution >= 4 is 17.1 Å². The van der Waals surface area contributed by atoms with Crippen LogP contribution in [0.25, 0.3) is 11.1 Å². The number of nitrogens with zero attached hydrogens (tertiary/aromatic N) is 2. The molecule has 0 aliphatic carbocycles. The van der Waals surface area contributed by atoms with Crippen LogP contribution in [-0.4, -0.2) is 16.1 Å². The van der Waals surface area contributed by atoms with Gasteiger partial charge in [0.15, 0.2) is 0 Å². The van der Waals surface area contributed by atoms with Gasteiger partial charge in [-0.05, 0) is 37.0 Å². The molecule has 0 atom stereocenters. The molecular weight excluding hydrogens is 304 g/mol. The number of aryl methyl sites for hydroxylation is 2. The van der Waals surface area contributed by atoms with Crippen molar-refractivity contribution in [3.63, 3.8) is 0 Å². The van der Waals surface area contributed by atoms with Crippen LogP contribution >= 0.6 is 0 Å². The highest BCUT2D eigenvalue weighted by Crippen LogP contribution is 2.23. The minimum Gasteiger partial charge on any atom is -0.457 e. The van der Waals surface area contributed by atoms with Gasteiger partial charge in [-0.15, -0.1) is 0 Å². The fourth-order valence-corrected chi connectivity index (χ4v) is 2.60. The van der Waals surface area contributed by atoms with Gasteiger partial charge in [0, 0.05) is 5.69 Å². The molecule has 0 aliphatic heterocycles. The van der Waals surface area contributed by atoms with E-state index < -0.39 is 5.97 Å². The highest BCUT2D eigenvalue weighted by molar-refractivity contribution is 6.03. The first-order valence-electron chi connectivity index (χ1n) is 7.95. The number of pyridine rings is 1. The lowest BCUT2D eigenvalue weighted by atomic mass is 10.0. The van der Waals surface area contributed by atoms with Crippen LogP contribution in [0, 0.1) is 13.8 Å². The molecule has 0 amide bonds. The Bertz CT molecular complexity index is 880. The molecule has 0 bridgehead atoms. The number of ether oxygens (including phenoxy) is 1. The standard InChI is InChI=1S/C19H20N2O3/c1-11(2)15-7-5-14(6-8-15)10-23-19(22)16-9-12(3)20-18-17(16)13(4)21-24-18/h5-9,11H,10H2,1-4H3. The summed E-state index contributed by atoms with van der Waals surface area (Å²) in [6, 6.07) is 9.80. The molecular formula is C19H20N2O3. The van der Waals surface area contributed by atoms with Crippen LogP contribution in [0.3, 0.4) is 0 Å². The fraction of sp³-hybridized carbons (Fsp3) is 0.316. The lowest BCUT2D eigenvalue weighted by Gasteiger charge is -2.09. The summed E-state index contributed by atoms with van der Waals surface area (Å²) in [6.07, 6.45) is 0. The second kappa shape index (κ2) is 6.43. The third-order valence-corrected chi connectivity index (χ3v) is 3.98. The average molecular weight is 324 g/mol. The number of aromatic nitrogens is 2. The first kappa shape index (κ1) is 16.2. The van der Waals surface area contributed by atoms with Crippen molar-refractivity contribution in [2.24, 2.45) is 0 Å². The monoisotopic (exact) mass is 324 g/mol. The van der Waals surface area contributed by atoms with E-state index in [1.807, 2.05) is 12.1 Å². The van der Waals surface area contributed by atoms with Gasteiger partial charge in [-0.3, -0.25) is 0 Å². The Hall–Kier alpha value is -2.69. The Balaban J connectivity index is 1.79. The summed E-state index contributed by atoms with van der Waals surface area (Å²) in [5.74, 6) is 0.0796. The summed E-state index contributed by atoms with van der Waals surface area (Å²) in [5, 5.41) is 4.49. The first-order chi connectivity index (χ1) is 11.5. The summed E-state index contributed by atoms with van der Waals surface area (Å²) in [7, 11) is 0. The van der Waals surface area contributed by atoms with Crippen LogP contribution in [0.4, 0.5) is 0 Å². The molecule has 0 saturated carbocycles. The molecule has 24 heavy (non-hydrogen) atoms. The van der Waals surface area contributed by atoms with E-state index in [4.69, 9.17) is 9.26 Å². The zero-order valence-electron chi connectivity index (χ0n) is 14.3. The molecule has 0 fully saturated rings. The maximum absolute atomic E-state index is 12.5. The molecule has 5 nitrogen and oxygen atoms in total. The highest BCUT2D eigenvalue weighted by atomic mass is 16.5. The van der Waals surface area contributed by atoms with E-state index >= 15 is 0 Å². The van der Waals surface area contributed by atoms with Gasteiger partial charge in [-0.25, -0.2) is 9.78 Å². The maximum atomic E-state index is 12.5. The molecule has 5 heteroatoms. The second-order valence-corrected chi connectivity index (χ2v) is 6.23. The Morgan fingerprint density at radius 2 is 1.92 bits per heavy atom. The van der Waals surface area contributed by atoms with Crippen molar-refractivity contribution in [1.29, 1.82) is 0 Å². The van der Waals surface area contributed by atoms with Crippen molar-refractivity contribution in [2.45, 2.75) is 40.2 Å². The average Bonchev–Trinajstić information content (AvgIpc) is 2.93. The number of fused-ring (bicyclic) bond motifs is 1. The molecule has 0 radical (unpaired) electrons. The molecule has 0 N–H and O–H groups in total. The summed E-state index contributed by atoms with van der Waals surface area (Å²) in [6.45, 7) is 8.11. The van der Waals surface area contributed by atoms with Gasteiger partial charge in [0.25, 0.3) is 5.71 Å². The highest BCUT2D eigenvalue weighted by Gasteiger charge is 2.19. The zero-order valence-corrected chi connectivity index (χ0v) is 14.3. The molecule has 0 aliphatic rings. The summed E-state index contributed by atoms with van der Waals surface area (Å²) >= 11 is 0. The Morgan fingerprint density at radius 1 is 1.21 bits per heavy atom. The van der Waals surface area contributed by atoms with E-state index in [0.717, 1.165) is 5.56 Å². The number of esters is 1. The van der Waals surface area contributed by atoms with Crippen LogP contribution in [-0.2, 0) is 11.3 Å². The smallest absolute Gasteiger partial charge is 0.339 e. The van der Waals surface area contributed by atoms with E-state index in [2.05, 4.69) is 36.1 Å². The van der Waals surface area contributed by atoms with Crippen LogP contribution in [0.15, 0.2) is 34.9 Å². The molecule has 0 spiro atoms. The molecule has 2 aromatic heterocycles. The SMILES string of the molecule is Cc1cc(C(=O)OCc2ccc(C(C)C)cc2)c2c(C)noc2n1. The summed E-state index contributed by atoms with van der Waals surface area (Å²) in [5.41, 5.74) is 4.34. The molecule has 124 valence electrons. The number of rotatable bonds is 4. The van der Waals surface area contributed by atoms with Crippen LogP contribution in [0.1, 0.15) is 52.6 Å². The van der Waals surface area contributed by atoms with Crippen molar-refractivity contribution < 1.29 is 14.1 Å². The van der Waals surface area contributed by atoms with E-state index in [1.165, 1.54) is 5.56 Å². The fourth-order valence-electron chi connectivity index (χ4n) is 2.60. The van der Waals surface area contributed by atoms with Crippen molar-refractivity contribution in [3.8, 4) is 0 Å². The molecule has 2 heterocycles. The van der Waals surface area contributed by atoms with Crippen LogP contribution in [0.5, 0.6) is 0 Å². The lowest BCUT2D eigenvalue weighted by Crippen LogP contribution is -2.07. The number of carbonyl (C=O) groups is 1. The van der Waals surface area contributed by atoms with Crippen molar-refractivity contribution in [3.05, 3.63) is 58.4 Å². The van der Waals surface area contributed by atoms with Gasteiger partial charge >= 0.3 is 5.97 Å².